The van der Waals surface area contributed by atoms with Gasteiger partial charge in [-0.25, -0.2) is 0 Å². The SMILES string of the molecule is CC1CCc2cccc(O)c2C1=O. The minimum Gasteiger partial charge on any atom is -0.507 e. The Morgan fingerprint density at radius 2 is 2.23 bits per heavy atom. The van der Waals surface area contributed by atoms with Crippen LogP contribution in [0.5, 0.6) is 5.75 Å². The number of benzene rings is 1. The van der Waals surface area contributed by atoms with Gasteiger partial charge in [0.1, 0.15) is 5.75 Å². The standard InChI is InChI=1S/C11H12O2/c1-7-5-6-8-3-2-4-9(12)10(8)11(7)13/h2-4,7,12H,5-6H2,1H3. The third-order valence-electron chi connectivity index (χ3n) is 2.67. The second kappa shape index (κ2) is 2.87. The summed E-state index contributed by atoms with van der Waals surface area (Å²) >= 11 is 0. The summed E-state index contributed by atoms with van der Waals surface area (Å²) in [7, 11) is 0. The zero-order chi connectivity index (χ0) is 9.42. The molecule has 0 amide bonds. The lowest BCUT2D eigenvalue weighted by atomic mass is 9.83. The largest absolute Gasteiger partial charge is 0.507 e. The molecule has 0 aromatic heterocycles. The Kier molecular flexibility index (Phi) is 1.83. The van der Waals surface area contributed by atoms with E-state index in [0.717, 1.165) is 18.4 Å². The van der Waals surface area contributed by atoms with Crippen LogP contribution in [0.4, 0.5) is 0 Å². The lowest BCUT2D eigenvalue weighted by Gasteiger charge is -2.20. The van der Waals surface area contributed by atoms with E-state index in [1.807, 2.05) is 13.0 Å². The van der Waals surface area contributed by atoms with Crippen LogP contribution in [0.2, 0.25) is 0 Å². The molecule has 0 spiro atoms. The molecule has 0 aliphatic heterocycles. The molecule has 1 aliphatic carbocycles. The number of carbonyl (C=O) groups excluding carboxylic acids is 1. The van der Waals surface area contributed by atoms with Gasteiger partial charge in [-0.15, -0.1) is 0 Å². The second-order valence-electron chi connectivity index (χ2n) is 3.62. The van der Waals surface area contributed by atoms with Crippen LogP contribution in [0.1, 0.15) is 29.3 Å². The van der Waals surface area contributed by atoms with Crippen molar-refractivity contribution in [3.8, 4) is 5.75 Å². The van der Waals surface area contributed by atoms with Crippen molar-refractivity contribution in [1.29, 1.82) is 0 Å². The number of hydrogen-bond acceptors (Lipinski definition) is 2. The topological polar surface area (TPSA) is 37.3 Å². The summed E-state index contributed by atoms with van der Waals surface area (Å²) in [5, 5.41) is 9.52. The first-order chi connectivity index (χ1) is 6.20. The van der Waals surface area contributed by atoms with Crippen molar-refractivity contribution in [2.24, 2.45) is 5.92 Å². The van der Waals surface area contributed by atoms with Gasteiger partial charge in [0.15, 0.2) is 5.78 Å². The lowest BCUT2D eigenvalue weighted by molar-refractivity contribution is 0.0910. The van der Waals surface area contributed by atoms with Gasteiger partial charge in [-0.05, 0) is 24.5 Å². The van der Waals surface area contributed by atoms with E-state index in [0.29, 0.717) is 5.56 Å². The predicted octanol–water partition coefficient (Wildman–Crippen LogP) is 2.16. The molecule has 1 unspecified atom stereocenters. The van der Waals surface area contributed by atoms with Crippen molar-refractivity contribution in [1.82, 2.24) is 0 Å². The normalized spacial score (nSPS) is 21.3. The minimum atomic E-state index is 0.0563. The molecule has 0 bridgehead atoms. The number of Topliss-reactive ketones (excluding diaryl/α,β-unsaturated/α-hetero) is 1. The fourth-order valence-corrected chi connectivity index (χ4v) is 1.83. The van der Waals surface area contributed by atoms with Gasteiger partial charge in [0.05, 0.1) is 5.56 Å². The van der Waals surface area contributed by atoms with E-state index in [-0.39, 0.29) is 17.5 Å². The number of carbonyl (C=O) groups is 1. The molecule has 1 aromatic rings. The minimum absolute atomic E-state index is 0.0563. The summed E-state index contributed by atoms with van der Waals surface area (Å²) in [5.41, 5.74) is 1.53. The number of aryl methyl sites for hydroxylation is 1. The number of aromatic hydroxyl groups is 1. The molecule has 1 aliphatic rings. The number of phenolic OH excluding ortho intramolecular Hbond substituents is 1. The van der Waals surface area contributed by atoms with E-state index in [1.54, 1.807) is 12.1 Å². The first-order valence-corrected chi connectivity index (χ1v) is 4.55. The Hall–Kier alpha value is -1.31. The maximum Gasteiger partial charge on any atom is 0.169 e. The van der Waals surface area contributed by atoms with Gasteiger partial charge in [0.25, 0.3) is 0 Å². The van der Waals surface area contributed by atoms with E-state index in [2.05, 4.69) is 0 Å². The molecule has 2 rings (SSSR count). The highest BCUT2D eigenvalue weighted by molar-refractivity contribution is 6.02. The highest BCUT2D eigenvalue weighted by Crippen LogP contribution is 2.31. The quantitative estimate of drug-likeness (QED) is 0.657. The second-order valence-corrected chi connectivity index (χ2v) is 3.62. The van der Waals surface area contributed by atoms with Crippen LogP contribution in [0, 0.1) is 5.92 Å². The first kappa shape index (κ1) is 8.30. The molecule has 2 nitrogen and oxygen atoms in total. The van der Waals surface area contributed by atoms with E-state index in [9.17, 15) is 9.90 Å². The van der Waals surface area contributed by atoms with Gasteiger partial charge in [-0.2, -0.15) is 0 Å². The summed E-state index contributed by atoms with van der Waals surface area (Å²) in [6.45, 7) is 1.91. The van der Waals surface area contributed by atoms with Crippen LogP contribution >= 0.6 is 0 Å². The molecule has 1 N–H and O–H groups in total. The highest BCUT2D eigenvalue weighted by atomic mass is 16.3. The van der Waals surface area contributed by atoms with Gasteiger partial charge in [0, 0.05) is 5.92 Å². The summed E-state index contributed by atoms with van der Waals surface area (Å²) in [6.07, 6.45) is 1.80. The third kappa shape index (κ3) is 1.22. The van der Waals surface area contributed by atoms with Gasteiger partial charge < -0.3 is 5.11 Å². The van der Waals surface area contributed by atoms with Crippen LogP contribution in [-0.2, 0) is 6.42 Å². The monoisotopic (exact) mass is 176 g/mol. The zero-order valence-electron chi connectivity index (χ0n) is 7.58. The lowest BCUT2D eigenvalue weighted by Crippen LogP contribution is -2.19. The zero-order valence-corrected chi connectivity index (χ0v) is 7.58. The van der Waals surface area contributed by atoms with Crippen molar-refractivity contribution < 1.29 is 9.90 Å². The molecule has 0 fully saturated rings. The molecular formula is C11H12O2. The highest BCUT2D eigenvalue weighted by Gasteiger charge is 2.25. The summed E-state index contributed by atoms with van der Waals surface area (Å²) in [6, 6.07) is 5.28. The van der Waals surface area contributed by atoms with Crippen molar-refractivity contribution in [3.63, 3.8) is 0 Å². The number of ketones is 1. The number of rotatable bonds is 0. The average molecular weight is 176 g/mol. The Balaban J connectivity index is 2.57. The molecule has 0 saturated carbocycles. The first-order valence-electron chi connectivity index (χ1n) is 4.55. The molecule has 2 heteroatoms. The van der Waals surface area contributed by atoms with Crippen LogP contribution in [0.25, 0.3) is 0 Å². The summed E-state index contributed by atoms with van der Waals surface area (Å²) < 4.78 is 0. The fourth-order valence-electron chi connectivity index (χ4n) is 1.83. The summed E-state index contributed by atoms with van der Waals surface area (Å²) in [4.78, 5) is 11.7. The molecule has 13 heavy (non-hydrogen) atoms. The molecular weight excluding hydrogens is 164 g/mol. The Labute approximate surface area is 77.2 Å². The molecule has 1 aromatic carbocycles. The number of fused-ring (bicyclic) bond motifs is 1. The molecule has 0 radical (unpaired) electrons. The van der Waals surface area contributed by atoms with Gasteiger partial charge in [0.2, 0.25) is 0 Å². The summed E-state index contributed by atoms with van der Waals surface area (Å²) in [5.74, 6) is 0.272. The van der Waals surface area contributed by atoms with Gasteiger partial charge in [-0.3, -0.25) is 4.79 Å². The Morgan fingerprint density at radius 1 is 1.46 bits per heavy atom. The maximum absolute atomic E-state index is 11.7. The van der Waals surface area contributed by atoms with Crippen molar-refractivity contribution in [2.45, 2.75) is 19.8 Å². The molecule has 1 atom stereocenters. The van der Waals surface area contributed by atoms with Crippen molar-refractivity contribution in [3.05, 3.63) is 29.3 Å². The van der Waals surface area contributed by atoms with Crippen LogP contribution in [-0.4, -0.2) is 10.9 Å². The molecule has 0 saturated heterocycles. The van der Waals surface area contributed by atoms with Gasteiger partial charge in [-0.1, -0.05) is 19.1 Å². The fraction of sp³-hybridized carbons (Fsp3) is 0.364. The predicted molar refractivity (Wildman–Crippen MR) is 49.9 cm³/mol. The maximum atomic E-state index is 11.7. The van der Waals surface area contributed by atoms with Crippen LogP contribution in [0.15, 0.2) is 18.2 Å². The van der Waals surface area contributed by atoms with Crippen molar-refractivity contribution in [2.75, 3.05) is 0 Å². The average Bonchev–Trinajstić information content (AvgIpc) is 2.12. The van der Waals surface area contributed by atoms with Crippen molar-refractivity contribution >= 4 is 5.78 Å². The third-order valence-corrected chi connectivity index (χ3v) is 2.67. The number of phenols is 1. The van der Waals surface area contributed by atoms with Gasteiger partial charge >= 0.3 is 0 Å². The Bertz CT molecular complexity index is 355. The smallest absolute Gasteiger partial charge is 0.169 e. The molecule has 0 heterocycles. The van der Waals surface area contributed by atoms with E-state index >= 15 is 0 Å². The number of hydrogen-bond donors (Lipinski definition) is 1. The van der Waals surface area contributed by atoms with E-state index < -0.39 is 0 Å². The van der Waals surface area contributed by atoms with E-state index in [4.69, 9.17) is 0 Å². The van der Waals surface area contributed by atoms with Crippen LogP contribution in [0.3, 0.4) is 0 Å². The van der Waals surface area contributed by atoms with E-state index in [1.165, 1.54) is 0 Å². The Morgan fingerprint density at radius 3 is 3.00 bits per heavy atom. The van der Waals surface area contributed by atoms with Crippen LogP contribution < -0.4 is 0 Å². The molecule has 68 valence electrons.